The van der Waals surface area contributed by atoms with Gasteiger partial charge in [0.1, 0.15) is 22.8 Å². The Morgan fingerprint density at radius 2 is 2.00 bits per heavy atom. The van der Waals surface area contributed by atoms with Gasteiger partial charge in [0.05, 0.1) is 17.1 Å². The number of nitrogens with zero attached hydrogens (tertiary/aromatic N) is 1. The van der Waals surface area contributed by atoms with Crippen molar-refractivity contribution < 1.29 is 18.5 Å². The molecule has 0 aliphatic carbocycles. The monoisotopic (exact) mass is 367 g/mol. The van der Waals surface area contributed by atoms with Gasteiger partial charge in [-0.15, -0.1) is 0 Å². The Morgan fingerprint density at radius 3 is 2.60 bits per heavy atom. The van der Waals surface area contributed by atoms with Crippen LogP contribution in [0, 0.1) is 12.7 Å². The van der Waals surface area contributed by atoms with Crippen LogP contribution in [0.2, 0.25) is 5.02 Å². The van der Waals surface area contributed by atoms with Crippen LogP contribution in [0.5, 0.6) is 0 Å². The minimum Gasteiger partial charge on any atom is -0.360 e. The molecule has 0 saturated carbocycles. The van der Waals surface area contributed by atoms with E-state index in [1.54, 1.807) is 0 Å². The third-order valence-corrected chi connectivity index (χ3v) is 3.53. The van der Waals surface area contributed by atoms with Gasteiger partial charge in [0.2, 0.25) is 5.91 Å². The number of amides is 2. The Kier molecular flexibility index (Phi) is 5.47. The van der Waals surface area contributed by atoms with E-state index in [1.165, 1.54) is 25.1 Å². The van der Waals surface area contributed by atoms with E-state index in [9.17, 15) is 14.0 Å². The standard InChI is InChI=1S/C17H19ClFN3O3/c1-9-13(16(24)20-8-12(23)21-17(2,3)4)15(22-25-9)14-10(18)6-5-7-11(14)19/h5-7H,8H2,1-4H3,(H,20,24)(H,21,23). The Hall–Kier alpha value is -2.41. The molecule has 134 valence electrons. The summed E-state index contributed by atoms with van der Waals surface area (Å²) in [6.07, 6.45) is 0. The van der Waals surface area contributed by atoms with Crippen molar-refractivity contribution >= 4 is 23.4 Å². The van der Waals surface area contributed by atoms with E-state index in [1.807, 2.05) is 20.8 Å². The molecule has 1 aromatic carbocycles. The molecule has 0 atom stereocenters. The first-order valence-electron chi connectivity index (χ1n) is 7.60. The third kappa shape index (κ3) is 4.57. The van der Waals surface area contributed by atoms with Crippen molar-refractivity contribution in [3.05, 3.63) is 40.4 Å². The maximum Gasteiger partial charge on any atom is 0.257 e. The number of hydrogen-bond donors (Lipinski definition) is 2. The van der Waals surface area contributed by atoms with E-state index >= 15 is 0 Å². The molecular weight excluding hydrogens is 349 g/mol. The Morgan fingerprint density at radius 1 is 1.32 bits per heavy atom. The van der Waals surface area contributed by atoms with Crippen LogP contribution in [0.3, 0.4) is 0 Å². The fraction of sp³-hybridized carbons (Fsp3) is 0.353. The number of aromatic nitrogens is 1. The number of halogens is 2. The lowest BCUT2D eigenvalue weighted by atomic mass is 10.0. The molecule has 0 bridgehead atoms. The molecule has 2 rings (SSSR count). The van der Waals surface area contributed by atoms with Gasteiger partial charge in [0, 0.05) is 5.54 Å². The van der Waals surface area contributed by atoms with Crippen LogP contribution in [0.4, 0.5) is 4.39 Å². The number of aryl methyl sites for hydroxylation is 1. The first-order valence-corrected chi connectivity index (χ1v) is 7.98. The molecule has 0 unspecified atom stereocenters. The number of nitrogens with one attached hydrogen (secondary N) is 2. The van der Waals surface area contributed by atoms with Gasteiger partial charge in [-0.1, -0.05) is 22.8 Å². The summed E-state index contributed by atoms with van der Waals surface area (Å²) in [5.74, 6) is -1.37. The zero-order chi connectivity index (χ0) is 18.8. The summed E-state index contributed by atoms with van der Waals surface area (Å²) in [6, 6.07) is 4.15. The smallest absolute Gasteiger partial charge is 0.257 e. The molecule has 2 amide bonds. The predicted molar refractivity (Wildman–Crippen MR) is 91.9 cm³/mol. The Labute approximate surface area is 149 Å². The lowest BCUT2D eigenvalue weighted by Gasteiger charge is -2.20. The lowest BCUT2D eigenvalue weighted by Crippen LogP contribution is -2.45. The molecule has 0 spiro atoms. The summed E-state index contributed by atoms with van der Waals surface area (Å²) in [5.41, 5.74) is -0.406. The molecule has 2 aromatic rings. The second kappa shape index (κ2) is 7.23. The zero-order valence-corrected chi connectivity index (χ0v) is 15.1. The molecular formula is C17H19ClFN3O3. The first-order chi connectivity index (χ1) is 11.6. The molecule has 0 aliphatic heterocycles. The third-order valence-electron chi connectivity index (χ3n) is 3.21. The van der Waals surface area contributed by atoms with Gasteiger partial charge in [-0.25, -0.2) is 4.39 Å². The van der Waals surface area contributed by atoms with Crippen LogP contribution in [0.25, 0.3) is 11.3 Å². The fourth-order valence-electron chi connectivity index (χ4n) is 2.25. The molecule has 1 aromatic heterocycles. The maximum absolute atomic E-state index is 14.1. The number of benzene rings is 1. The van der Waals surface area contributed by atoms with Crippen LogP contribution >= 0.6 is 11.6 Å². The SMILES string of the molecule is Cc1onc(-c2c(F)cccc2Cl)c1C(=O)NCC(=O)NC(C)(C)C. The normalized spacial score (nSPS) is 11.3. The van der Waals surface area contributed by atoms with Crippen LogP contribution in [-0.4, -0.2) is 29.1 Å². The molecule has 8 heteroatoms. The van der Waals surface area contributed by atoms with Crippen molar-refractivity contribution in [1.29, 1.82) is 0 Å². The topological polar surface area (TPSA) is 84.2 Å². The summed E-state index contributed by atoms with van der Waals surface area (Å²) in [4.78, 5) is 24.3. The first kappa shape index (κ1) is 18.9. The Bertz CT molecular complexity index is 792. The highest BCUT2D eigenvalue weighted by molar-refractivity contribution is 6.33. The number of carbonyl (C=O) groups excluding carboxylic acids is 2. The minimum atomic E-state index is -0.625. The quantitative estimate of drug-likeness (QED) is 0.869. The average molecular weight is 368 g/mol. The van der Waals surface area contributed by atoms with Gasteiger partial charge >= 0.3 is 0 Å². The van der Waals surface area contributed by atoms with Crippen LogP contribution < -0.4 is 10.6 Å². The van der Waals surface area contributed by atoms with E-state index in [0.717, 1.165) is 0 Å². The second-order valence-corrected chi connectivity index (χ2v) is 6.95. The van der Waals surface area contributed by atoms with Crippen molar-refractivity contribution in [3.63, 3.8) is 0 Å². The molecule has 2 N–H and O–H groups in total. The van der Waals surface area contributed by atoms with Crippen molar-refractivity contribution in [2.45, 2.75) is 33.2 Å². The van der Waals surface area contributed by atoms with Crippen molar-refractivity contribution in [3.8, 4) is 11.3 Å². The highest BCUT2D eigenvalue weighted by atomic mass is 35.5. The van der Waals surface area contributed by atoms with E-state index in [-0.39, 0.29) is 40.1 Å². The van der Waals surface area contributed by atoms with Crippen molar-refractivity contribution in [2.24, 2.45) is 0 Å². The summed E-state index contributed by atoms with van der Waals surface area (Å²) in [5, 5.41) is 9.06. The maximum atomic E-state index is 14.1. The molecule has 1 heterocycles. The average Bonchev–Trinajstić information content (AvgIpc) is 2.84. The molecule has 6 nitrogen and oxygen atoms in total. The second-order valence-electron chi connectivity index (χ2n) is 6.54. The van der Waals surface area contributed by atoms with E-state index in [4.69, 9.17) is 16.1 Å². The summed E-state index contributed by atoms with van der Waals surface area (Å²) < 4.78 is 19.2. The highest BCUT2D eigenvalue weighted by Gasteiger charge is 2.25. The van der Waals surface area contributed by atoms with Gasteiger partial charge < -0.3 is 15.2 Å². The minimum absolute atomic E-state index is 0.00525. The van der Waals surface area contributed by atoms with Gasteiger partial charge in [-0.2, -0.15) is 0 Å². The summed E-state index contributed by atoms with van der Waals surface area (Å²) in [7, 11) is 0. The highest BCUT2D eigenvalue weighted by Crippen LogP contribution is 2.33. The van der Waals surface area contributed by atoms with E-state index in [2.05, 4.69) is 15.8 Å². The number of hydrogen-bond acceptors (Lipinski definition) is 4. The lowest BCUT2D eigenvalue weighted by molar-refractivity contribution is -0.121. The van der Waals surface area contributed by atoms with Gasteiger partial charge in [0.25, 0.3) is 5.91 Å². The van der Waals surface area contributed by atoms with Crippen LogP contribution in [0.15, 0.2) is 22.7 Å². The van der Waals surface area contributed by atoms with E-state index in [0.29, 0.717) is 0 Å². The fourth-order valence-corrected chi connectivity index (χ4v) is 2.50. The van der Waals surface area contributed by atoms with Gasteiger partial charge in [-0.05, 0) is 39.8 Å². The van der Waals surface area contributed by atoms with Gasteiger partial charge in [0.15, 0.2) is 0 Å². The molecule has 0 aliphatic rings. The van der Waals surface area contributed by atoms with Gasteiger partial charge in [-0.3, -0.25) is 9.59 Å². The van der Waals surface area contributed by atoms with Crippen LogP contribution in [-0.2, 0) is 4.79 Å². The summed E-state index contributed by atoms with van der Waals surface area (Å²) >= 11 is 6.03. The number of rotatable bonds is 4. The molecule has 0 fully saturated rings. The Balaban J connectivity index is 2.25. The predicted octanol–water partition coefficient (Wildman–Crippen LogP) is 3.09. The van der Waals surface area contributed by atoms with Crippen molar-refractivity contribution in [1.82, 2.24) is 15.8 Å². The zero-order valence-electron chi connectivity index (χ0n) is 14.4. The van der Waals surface area contributed by atoms with Crippen LogP contribution in [0.1, 0.15) is 36.9 Å². The molecule has 0 radical (unpaired) electrons. The largest absolute Gasteiger partial charge is 0.360 e. The molecule has 0 saturated heterocycles. The van der Waals surface area contributed by atoms with Crippen molar-refractivity contribution in [2.75, 3.05) is 6.54 Å². The number of carbonyl (C=O) groups is 2. The molecule has 25 heavy (non-hydrogen) atoms. The van der Waals surface area contributed by atoms with E-state index < -0.39 is 17.3 Å². The summed E-state index contributed by atoms with van der Waals surface area (Å²) in [6.45, 7) is 6.78.